The van der Waals surface area contributed by atoms with Gasteiger partial charge in [-0.05, 0) is 0 Å². The number of nitrogens with zero attached hydrogens (tertiary/aromatic N) is 1. The molecule has 0 radical (unpaired) electrons. The van der Waals surface area contributed by atoms with Crippen molar-refractivity contribution in [2.45, 2.75) is 12.5 Å². The highest BCUT2D eigenvalue weighted by atomic mass is 19.4. The van der Waals surface area contributed by atoms with Gasteiger partial charge in [-0.3, -0.25) is 5.43 Å². The number of hydrogen-bond acceptors (Lipinski definition) is 3. The molecule has 1 aliphatic heterocycles. The van der Waals surface area contributed by atoms with Gasteiger partial charge < -0.3 is 4.84 Å². The van der Waals surface area contributed by atoms with Crippen molar-refractivity contribution >= 4 is 0 Å². The molecule has 0 spiro atoms. The first-order valence-corrected chi connectivity index (χ1v) is 2.80. The van der Waals surface area contributed by atoms with E-state index in [2.05, 4.69) is 4.84 Å². The van der Waals surface area contributed by atoms with Crippen LogP contribution in [0.5, 0.6) is 0 Å². The van der Waals surface area contributed by atoms with Crippen molar-refractivity contribution in [3.8, 4) is 0 Å². The number of alkyl halides is 6. The quantitative estimate of drug-likeness (QED) is 0.484. The second-order valence-electron chi connectivity index (χ2n) is 1.99. The fraction of sp³-hybridized carbons (Fsp3) is 0.500. The predicted octanol–water partition coefficient (Wildman–Crippen LogP) is 1.66. The molecule has 1 N–H and O–H groups in total. The van der Waals surface area contributed by atoms with Gasteiger partial charge in [0.15, 0.2) is 0 Å². The van der Waals surface area contributed by atoms with E-state index in [4.69, 9.17) is 0 Å². The van der Waals surface area contributed by atoms with Crippen LogP contribution in [0.1, 0.15) is 0 Å². The summed E-state index contributed by atoms with van der Waals surface area (Å²) in [5.74, 6) is -1.75. The zero-order valence-corrected chi connectivity index (χ0v) is 5.70. The molecule has 0 aromatic carbocycles. The fourth-order valence-electron chi connectivity index (χ4n) is 0.527. The van der Waals surface area contributed by atoms with Gasteiger partial charge in [0.2, 0.25) is 5.76 Å². The highest BCUT2D eigenvalue weighted by Gasteiger charge is 2.49. The van der Waals surface area contributed by atoms with Gasteiger partial charge in [0.05, 0.1) is 6.20 Å². The lowest BCUT2D eigenvalue weighted by atomic mass is 10.5. The van der Waals surface area contributed by atoms with Gasteiger partial charge >= 0.3 is 12.5 Å². The third-order valence-corrected chi connectivity index (χ3v) is 1.01. The summed E-state index contributed by atoms with van der Waals surface area (Å²) in [6, 6.07) is 0. The summed E-state index contributed by atoms with van der Waals surface area (Å²) < 4.78 is 70.1. The van der Waals surface area contributed by atoms with E-state index in [9.17, 15) is 26.3 Å². The molecule has 0 fully saturated rings. The van der Waals surface area contributed by atoms with Gasteiger partial charge in [0.1, 0.15) is 0 Å². The molecule has 0 saturated heterocycles. The molecule has 0 bridgehead atoms. The highest BCUT2D eigenvalue weighted by molar-refractivity contribution is 5.01. The lowest BCUT2D eigenvalue weighted by Crippen LogP contribution is -2.42. The average Bonchev–Trinajstić information content (AvgIpc) is 2.28. The molecular formula is C4H2F6N2O. The van der Waals surface area contributed by atoms with Crippen LogP contribution in [0.2, 0.25) is 0 Å². The molecule has 1 heterocycles. The maximum atomic E-state index is 11.7. The topological polar surface area (TPSA) is 24.5 Å². The molecule has 0 unspecified atom stereocenters. The summed E-state index contributed by atoms with van der Waals surface area (Å²) in [5, 5.41) is -0.949. The van der Waals surface area contributed by atoms with Crippen LogP contribution in [-0.2, 0) is 4.84 Å². The Morgan fingerprint density at radius 2 is 1.69 bits per heavy atom. The van der Waals surface area contributed by atoms with E-state index in [1.54, 1.807) is 0 Å². The van der Waals surface area contributed by atoms with Crippen LogP contribution in [-0.4, -0.2) is 17.6 Å². The molecule has 0 atom stereocenters. The van der Waals surface area contributed by atoms with E-state index in [0.717, 1.165) is 0 Å². The van der Waals surface area contributed by atoms with Crippen LogP contribution in [0.3, 0.4) is 0 Å². The summed E-state index contributed by atoms with van der Waals surface area (Å²) in [7, 11) is 0. The molecule has 0 saturated carbocycles. The van der Waals surface area contributed by atoms with E-state index in [0.29, 0.717) is 0 Å². The van der Waals surface area contributed by atoms with Crippen LogP contribution in [0.15, 0.2) is 12.0 Å². The molecule has 1 aliphatic rings. The Morgan fingerprint density at radius 1 is 1.15 bits per heavy atom. The maximum absolute atomic E-state index is 11.7. The van der Waals surface area contributed by atoms with Gasteiger partial charge in [-0.1, -0.05) is 0 Å². The first-order chi connectivity index (χ1) is 5.71. The van der Waals surface area contributed by atoms with Crippen molar-refractivity contribution in [1.29, 1.82) is 0 Å². The van der Waals surface area contributed by atoms with Gasteiger partial charge in [-0.25, -0.2) is 0 Å². The first-order valence-electron chi connectivity index (χ1n) is 2.80. The molecule has 76 valence electrons. The lowest BCUT2D eigenvalue weighted by Gasteiger charge is -2.18. The van der Waals surface area contributed by atoms with Crippen molar-refractivity contribution < 1.29 is 31.2 Å². The van der Waals surface area contributed by atoms with Crippen LogP contribution in [0.4, 0.5) is 26.3 Å². The Bertz CT molecular complexity index is 230. The summed E-state index contributed by atoms with van der Waals surface area (Å²) >= 11 is 0. The van der Waals surface area contributed by atoms with Crippen molar-refractivity contribution in [2.75, 3.05) is 0 Å². The number of rotatable bonds is 0. The van der Waals surface area contributed by atoms with E-state index in [1.165, 1.54) is 5.43 Å². The molecular weight excluding hydrogens is 206 g/mol. The zero-order valence-electron chi connectivity index (χ0n) is 5.70. The molecule has 0 aromatic heterocycles. The van der Waals surface area contributed by atoms with E-state index in [-0.39, 0.29) is 6.20 Å². The Labute approximate surface area is 67.5 Å². The smallest absolute Gasteiger partial charge is 0.371 e. The minimum Gasteiger partial charge on any atom is -0.371 e. The van der Waals surface area contributed by atoms with Crippen molar-refractivity contribution in [2.24, 2.45) is 0 Å². The molecule has 0 aliphatic carbocycles. The Balaban J connectivity index is 2.63. The molecule has 3 nitrogen and oxygen atoms in total. The summed E-state index contributed by atoms with van der Waals surface area (Å²) in [6.07, 6.45) is -9.88. The number of halogens is 6. The van der Waals surface area contributed by atoms with E-state index >= 15 is 0 Å². The average molecular weight is 208 g/mol. The number of hydrazine groups is 1. The third-order valence-electron chi connectivity index (χ3n) is 1.01. The second kappa shape index (κ2) is 2.69. The molecule has 0 amide bonds. The number of hydroxylamine groups is 1. The third kappa shape index (κ3) is 2.17. The summed E-state index contributed by atoms with van der Waals surface area (Å²) in [4.78, 5) is 3.42. The van der Waals surface area contributed by atoms with E-state index < -0.39 is 23.4 Å². The van der Waals surface area contributed by atoms with Gasteiger partial charge in [-0.2, -0.15) is 26.3 Å². The number of nitrogens with one attached hydrogen (secondary N) is 1. The number of hydrogen-bond donors (Lipinski definition) is 1. The van der Waals surface area contributed by atoms with Crippen LogP contribution in [0, 0.1) is 0 Å². The normalized spacial score (nSPS) is 19.4. The predicted molar refractivity (Wildman–Crippen MR) is 26.3 cm³/mol. The van der Waals surface area contributed by atoms with Gasteiger partial charge in [0.25, 0.3) is 0 Å². The standard InChI is InChI=1S/C4H2F6N2O/c5-3(6,7)2-1-11-12(13-2)4(8,9)10/h1,11H. The molecule has 1 rings (SSSR count). The number of allylic oxidation sites excluding steroid dienone is 1. The minimum atomic E-state index is -5.02. The SMILES string of the molecule is FC(F)(F)C1=CNN(C(F)(F)F)O1. The summed E-state index contributed by atoms with van der Waals surface area (Å²) in [5.41, 5.74) is 1.26. The molecule has 9 heteroatoms. The van der Waals surface area contributed by atoms with Gasteiger partial charge in [-0.15, -0.1) is 0 Å². The van der Waals surface area contributed by atoms with Crippen LogP contribution in [0.25, 0.3) is 0 Å². The monoisotopic (exact) mass is 208 g/mol. The van der Waals surface area contributed by atoms with Gasteiger partial charge in [0, 0.05) is 5.17 Å². The molecule has 0 aromatic rings. The van der Waals surface area contributed by atoms with Crippen molar-refractivity contribution in [3.63, 3.8) is 0 Å². The second-order valence-corrected chi connectivity index (χ2v) is 1.99. The van der Waals surface area contributed by atoms with Crippen LogP contribution >= 0.6 is 0 Å². The highest BCUT2D eigenvalue weighted by Crippen LogP contribution is 2.32. The fourth-order valence-corrected chi connectivity index (χ4v) is 0.527. The largest absolute Gasteiger partial charge is 0.511 e. The zero-order chi connectivity index (χ0) is 10.3. The lowest BCUT2D eigenvalue weighted by molar-refractivity contribution is -0.374. The Morgan fingerprint density at radius 3 is 1.92 bits per heavy atom. The Hall–Kier alpha value is -1.12. The van der Waals surface area contributed by atoms with Crippen molar-refractivity contribution in [1.82, 2.24) is 10.6 Å². The minimum absolute atomic E-state index is 0.0769. The van der Waals surface area contributed by atoms with Crippen molar-refractivity contribution in [3.05, 3.63) is 12.0 Å². The maximum Gasteiger partial charge on any atom is 0.511 e. The Kier molecular flexibility index (Phi) is 2.06. The molecule has 13 heavy (non-hydrogen) atoms. The summed E-state index contributed by atoms with van der Waals surface area (Å²) in [6.45, 7) is 0. The van der Waals surface area contributed by atoms with E-state index in [1.807, 2.05) is 0 Å². The van der Waals surface area contributed by atoms with Crippen LogP contribution < -0.4 is 5.43 Å². The first kappa shape index (κ1) is 9.96.